The number of hydrogen-bond acceptors (Lipinski definition) is 3. The monoisotopic (exact) mass is 369 g/mol. The number of ether oxygens (including phenoxy) is 1. The molecular formula is C25H23NO2. The summed E-state index contributed by atoms with van der Waals surface area (Å²) in [6.45, 7) is 2.21. The minimum atomic E-state index is -0.410. The molecule has 0 amide bonds. The largest absolute Gasteiger partial charge is 0.423 e. The fourth-order valence-corrected chi connectivity index (χ4v) is 3.13. The molecule has 3 aromatic carbocycles. The number of hydrogen-bond donors (Lipinski definition) is 0. The summed E-state index contributed by atoms with van der Waals surface area (Å²) < 4.78 is 5.39. The van der Waals surface area contributed by atoms with Crippen LogP contribution in [0.2, 0.25) is 0 Å². The average molecular weight is 369 g/mol. The number of carbonyl (C=O) groups is 1. The SMILES string of the molecule is CCCCCc1ccccc1-c1ccc(C(=O)Oc2ccc(C#N)cc2)cc1. The zero-order chi connectivity index (χ0) is 19.8. The predicted octanol–water partition coefficient (Wildman–Crippen LogP) is 6.18. The van der Waals surface area contributed by atoms with Gasteiger partial charge in [-0.2, -0.15) is 5.26 Å². The van der Waals surface area contributed by atoms with E-state index in [1.165, 1.54) is 30.4 Å². The van der Waals surface area contributed by atoms with E-state index < -0.39 is 5.97 Å². The van der Waals surface area contributed by atoms with Gasteiger partial charge in [-0.3, -0.25) is 0 Å². The Kier molecular flexibility index (Phi) is 6.59. The molecule has 3 rings (SSSR count). The predicted molar refractivity (Wildman–Crippen MR) is 111 cm³/mol. The summed E-state index contributed by atoms with van der Waals surface area (Å²) in [6, 6.07) is 24.5. The molecule has 0 N–H and O–H groups in total. The van der Waals surface area contributed by atoms with Crippen LogP contribution >= 0.6 is 0 Å². The molecule has 0 spiro atoms. The van der Waals surface area contributed by atoms with Gasteiger partial charge in [-0.15, -0.1) is 0 Å². The molecule has 140 valence electrons. The molecule has 0 aliphatic rings. The molecule has 0 aromatic heterocycles. The van der Waals surface area contributed by atoms with Crippen molar-refractivity contribution >= 4 is 5.97 Å². The third-order valence-electron chi connectivity index (χ3n) is 4.69. The highest BCUT2D eigenvalue weighted by Gasteiger charge is 2.10. The van der Waals surface area contributed by atoms with E-state index in [-0.39, 0.29) is 0 Å². The lowest BCUT2D eigenvalue weighted by Gasteiger charge is -2.10. The van der Waals surface area contributed by atoms with Crippen LogP contribution in [-0.4, -0.2) is 5.97 Å². The van der Waals surface area contributed by atoms with Gasteiger partial charge in [-0.05, 0) is 65.9 Å². The summed E-state index contributed by atoms with van der Waals surface area (Å²) in [6.07, 6.45) is 4.68. The fourth-order valence-electron chi connectivity index (χ4n) is 3.13. The van der Waals surface area contributed by atoms with Crippen molar-refractivity contribution in [3.8, 4) is 22.9 Å². The van der Waals surface area contributed by atoms with Crippen LogP contribution < -0.4 is 4.74 Å². The Morgan fingerprint density at radius 2 is 1.64 bits per heavy atom. The van der Waals surface area contributed by atoms with Gasteiger partial charge in [0.1, 0.15) is 5.75 Å². The maximum Gasteiger partial charge on any atom is 0.343 e. The minimum absolute atomic E-state index is 0.410. The molecule has 3 aromatic rings. The summed E-state index contributed by atoms with van der Waals surface area (Å²) >= 11 is 0. The summed E-state index contributed by atoms with van der Waals surface area (Å²) in [7, 11) is 0. The van der Waals surface area contributed by atoms with Crippen LogP contribution in [0.3, 0.4) is 0 Å². The van der Waals surface area contributed by atoms with Gasteiger partial charge in [0, 0.05) is 0 Å². The van der Waals surface area contributed by atoms with Gasteiger partial charge in [-0.25, -0.2) is 4.79 Å². The Labute approximate surface area is 166 Å². The topological polar surface area (TPSA) is 50.1 Å². The van der Waals surface area contributed by atoms with Crippen molar-refractivity contribution in [1.29, 1.82) is 5.26 Å². The van der Waals surface area contributed by atoms with Gasteiger partial charge in [0.15, 0.2) is 0 Å². The van der Waals surface area contributed by atoms with Crippen LogP contribution in [0.25, 0.3) is 11.1 Å². The Bertz CT molecular complexity index is 967. The van der Waals surface area contributed by atoms with Gasteiger partial charge in [0.2, 0.25) is 0 Å². The third kappa shape index (κ3) is 4.86. The van der Waals surface area contributed by atoms with Crippen LogP contribution in [-0.2, 0) is 6.42 Å². The lowest BCUT2D eigenvalue weighted by Crippen LogP contribution is -2.08. The molecule has 3 heteroatoms. The first kappa shape index (κ1) is 19.4. The van der Waals surface area contributed by atoms with Crippen molar-refractivity contribution < 1.29 is 9.53 Å². The van der Waals surface area contributed by atoms with Crippen LogP contribution in [0.15, 0.2) is 72.8 Å². The first-order chi connectivity index (χ1) is 13.7. The van der Waals surface area contributed by atoms with Crippen molar-refractivity contribution in [2.24, 2.45) is 0 Å². The Morgan fingerprint density at radius 3 is 2.32 bits per heavy atom. The first-order valence-electron chi connectivity index (χ1n) is 9.62. The van der Waals surface area contributed by atoms with E-state index in [1.807, 2.05) is 24.3 Å². The molecule has 0 saturated carbocycles. The van der Waals surface area contributed by atoms with E-state index in [4.69, 9.17) is 10.00 Å². The van der Waals surface area contributed by atoms with Crippen molar-refractivity contribution in [2.45, 2.75) is 32.6 Å². The van der Waals surface area contributed by atoms with E-state index in [0.29, 0.717) is 16.9 Å². The Hall–Kier alpha value is -3.38. The molecule has 0 atom stereocenters. The molecule has 0 unspecified atom stereocenters. The smallest absolute Gasteiger partial charge is 0.343 e. The van der Waals surface area contributed by atoms with Crippen molar-refractivity contribution in [3.63, 3.8) is 0 Å². The lowest BCUT2D eigenvalue weighted by molar-refractivity contribution is 0.0735. The van der Waals surface area contributed by atoms with Crippen LogP contribution in [0, 0.1) is 11.3 Å². The van der Waals surface area contributed by atoms with Crippen molar-refractivity contribution in [3.05, 3.63) is 89.5 Å². The number of benzene rings is 3. The van der Waals surface area contributed by atoms with E-state index in [2.05, 4.69) is 25.1 Å². The lowest BCUT2D eigenvalue weighted by atomic mass is 9.95. The molecule has 0 radical (unpaired) electrons. The van der Waals surface area contributed by atoms with Crippen LogP contribution in [0.5, 0.6) is 5.75 Å². The summed E-state index contributed by atoms with van der Waals surface area (Å²) in [4.78, 5) is 12.4. The average Bonchev–Trinajstić information content (AvgIpc) is 2.75. The van der Waals surface area contributed by atoms with E-state index in [0.717, 1.165) is 12.0 Å². The number of nitrogens with zero attached hydrogens (tertiary/aromatic N) is 1. The molecule has 0 aliphatic carbocycles. The standard InChI is InChI=1S/C25H23NO2/c1-2-3-4-7-20-8-5-6-9-24(20)21-12-14-22(15-13-21)25(27)28-23-16-10-19(18-26)11-17-23/h5-6,8-17H,2-4,7H2,1H3. The van der Waals surface area contributed by atoms with E-state index >= 15 is 0 Å². The molecular weight excluding hydrogens is 346 g/mol. The maximum atomic E-state index is 12.4. The molecule has 0 fully saturated rings. The van der Waals surface area contributed by atoms with E-state index in [1.54, 1.807) is 36.4 Å². The second-order valence-electron chi connectivity index (χ2n) is 6.72. The molecule has 3 nitrogen and oxygen atoms in total. The van der Waals surface area contributed by atoms with Gasteiger partial charge in [0.25, 0.3) is 0 Å². The molecule has 0 saturated heterocycles. The highest BCUT2D eigenvalue weighted by Crippen LogP contribution is 2.26. The zero-order valence-electron chi connectivity index (χ0n) is 16.0. The summed E-state index contributed by atoms with van der Waals surface area (Å²) in [5, 5.41) is 8.83. The molecule has 0 heterocycles. The van der Waals surface area contributed by atoms with Crippen molar-refractivity contribution in [1.82, 2.24) is 0 Å². The first-order valence-corrected chi connectivity index (χ1v) is 9.62. The van der Waals surface area contributed by atoms with Crippen LogP contribution in [0.1, 0.15) is 47.7 Å². The minimum Gasteiger partial charge on any atom is -0.423 e. The number of nitriles is 1. The number of aryl methyl sites for hydroxylation is 1. The Morgan fingerprint density at radius 1 is 0.929 bits per heavy atom. The molecule has 28 heavy (non-hydrogen) atoms. The second kappa shape index (κ2) is 9.53. The second-order valence-corrected chi connectivity index (χ2v) is 6.72. The molecule has 0 bridgehead atoms. The zero-order valence-corrected chi connectivity index (χ0v) is 16.0. The molecule has 0 aliphatic heterocycles. The normalized spacial score (nSPS) is 10.3. The highest BCUT2D eigenvalue weighted by molar-refractivity contribution is 5.91. The van der Waals surface area contributed by atoms with E-state index in [9.17, 15) is 4.79 Å². The van der Waals surface area contributed by atoms with Gasteiger partial charge in [-0.1, -0.05) is 56.2 Å². The highest BCUT2D eigenvalue weighted by atomic mass is 16.5. The van der Waals surface area contributed by atoms with Gasteiger partial charge in [0.05, 0.1) is 17.2 Å². The maximum absolute atomic E-state index is 12.4. The summed E-state index contributed by atoms with van der Waals surface area (Å²) in [5.41, 5.74) is 4.68. The Balaban J connectivity index is 1.72. The number of unbranched alkanes of at least 4 members (excludes halogenated alkanes) is 2. The van der Waals surface area contributed by atoms with Gasteiger partial charge >= 0.3 is 5.97 Å². The number of esters is 1. The number of rotatable bonds is 7. The third-order valence-corrected chi connectivity index (χ3v) is 4.69. The number of carbonyl (C=O) groups excluding carboxylic acids is 1. The quantitative estimate of drug-likeness (QED) is 0.284. The van der Waals surface area contributed by atoms with Crippen LogP contribution in [0.4, 0.5) is 0 Å². The summed E-state index contributed by atoms with van der Waals surface area (Å²) in [5.74, 6) is 0.0156. The fraction of sp³-hybridized carbons (Fsp3) is 0.200. The van der Waals surface area contributed by atoms with Crippen molar-refractivity contribution in [2.75, 3.05) is 0 Å². The van der Waals surface area contributed by atoms with Gasteiger partial charge < -0.3 is 4.74 Å².